The lowest BCUT2D eigenvalue weighted by Crippen LogP contribution is -2.42. The number of hydrogen-bond acceptors (Lipinski definition) is 3. The van der Waals surface area contributed by atoms with Gasteiger partial charge in [-0.05, 0) is 37.0 Å². The lowest BCUT2D eigenvalue weighted by Gasteiger charge is -2.27. The predicted molar refractivity (Wildman–Crippen MR) is 77.4 cm³/mol. The number of benzene rings is 1. The molecule has 0 radical (unpaired) electrons. The quantitative estimate of drug-likeness (QED) is 0.893. The Morgan fingerprint density at radius 3 is 2.80 bits per heavy atom. The van der Waals surface area contributed by atoms with Gasteiger partial charge in [0.05, 0.1) is 10.8 Å². The van der Waals surface area contributed by atoms with Gasteiger partial charge in [-0.25, -0.2) is 17.5 Å². The van der Waals surface area contributed by atoms with E-state index in [0.29, 0.717) is 12.0 Å². The molecule has 3 N–H and O–H groups in total. The first-order chi connectivity index (χ1) is 9.35. The Kier molecular flexibility index (Phi) is 5.01. The van der Waals surface area contributed by atoms with E-state index in [4.69, 9.17) is 17.3 Å². The minimum absolute atomic E-state index is 0.0525. The molecule has 7 heteroatoms. The average Bonchev–Trinajstić information content (AvgIpc) is 2.33. The Hall–Kier alpha value is -0.690. The molecule has 0 saturated heterocycles. The highest BCUT2D eigenvalue weighted by molar-refractivity contribution is 7.88. The van der Waals surface area contributed by atoms with Crippen LogP contribution in [0.2, 0.25) is 5.02 Å². The molecule has 1 saturated carbocycles. The van der Waals surface area contributed by atoms with Crippen LogP contribution in [0.4, 0.5) is 4.39 Å². The van der Waals surface area contributed by atoms with Gasteiger partial charge in [0.25, 0.3) is 0 Å². The molecule has 0 spiro atoms. The van der Waals surface area contributed by atoms with Gasteiger partial charge in [0, 0.05) is 12.1 Å². The maximum Gasteiger partial charge on any atom is 0.216 e. The predicted octanol–water partition coefficient (Wildman–Crippen LogP) is 2.17. The monoisotopic (exact) mass is 320 g/mol. The highest BCUT2D eigenvalue weighted by Gasteiger charge is 2.24. The molecular weight excluding hydrogens is 303 g/mol. The van der Waals surface area contributed by atoms with Gasteiger partial charge in [0.2, 0.25) is 10.0 Å². The van der Waals surface area contributed by atoms with Crippen molar-refractivity contribution in [3.8, 4) is 0 Å². The third-order valence-electron chi connectivity index (χ3n) is 3.40. The molecular formula is C13H18ClFN2O2S. The van der Waals surface area contributed by atoms with E-state index in [1.54, 1.807) is 0 Å². The maximum atomic E-state index is 13.0. The highest BCUT2D eigenvalue weighted by Crippen LogP contribution is 2.20. The van der Waals surface area contributed by atoms with Gasteiger partial charge in [0.1, 0.15) is 5.82 Å². The summed E-state index contributed by atoms with van der Waals surface area (Å²) < 4.78 is 39.9. The summed E-state index contributed by atoms with van der Waals surface area (Å²) in [6, 6.07) is 3.87. The largest absolute Gasteiger partial charge is 0.328 e. The molecule has 4 nitrogen and oxygen atoms in total. The Morgan fingerprint density at radius 1 is 1.40 bits per heavy atom. The summed E-state index contributed by atoms with van der Waals surface area (Å²) in [7, 11) is -3.47. The summed E-state index contributed by atoms with van der Waals surface area (Å²) in [5.74, 6) is -0.766. The van der Waals surface area contributed by atoms with E-state index in [1.807, 2.05) is 0 Å². The Labute approximate surface area is 123 Å². The van der Waals surface area contributed by atoms with Crippen molar-refractivity contribution in [2.75, 3.05) is 0 Å². The van der Waals surface area contributed by atoms with Crippen LogP contribution in [0.25, 0.3) is 0 Å². The van der Waals surface area contributed by atoms with Crippen molar-refractivity contribution in [2.45, 2.75) is 43.5 Å². The molecule has 112 valence electrons. The maximum absolute atomic E-state index is 13.0. The van der Waals surface area contributed by atoms with Crippen LogP contribution >= 0.6 is 11.6 Å². The van der Waals surface area contributed by atoms with E-state index in [9.17, 15) is 12.8 Å². The van der Waals surface area contributed by atoms with Crippen LogP contribution in [-0.2, 0) is 15.8 Å². The molecule has 0 amide bonds. The van der Waals surface area contributed by atoms with Gasteiger partial charge in [-0.3, -0.25) is 0 Å². The normalized spacial score (nSPS) is 23.8. The van der Waals surface area contributed by atoms with Crippen LogP contribution in [0.3, 0.4) is 0 Å². The van der Waals surface area contributed by atoms with Crippen molar-refractivity contribution in [1.82, 2.24) is 4.72 Å². The molecule has 2 unspecified atom stereocenters. The topological polar surface area (TPSA) is 72.2 Å². The molecule has 2 rings (SSSR count). The van der Waals surface area contributed by atoms with Crippen LogP contribution in [0.5, 0.6) is 0 Å². The zero-order valence-corrected chi connectivity index (χ0v) is 12.6. The molecule has 1 aromatic rings. The molecule has 20 heavy (non-hydrogen) atoms. The fraction of sp³-hybridized carbons (Fsp3) is 0.538. The van der Waals surface area contributed by atoms with Gasteiger partial charge in [-0.1, -0.05) is 24.1 Å². The van der Waals surface area contributed by atoms with Crippen molar-refractivity contribution in [3.05, 3.63) is 34.6 Å². The average molecular weight is 321 g/mol. The Balaban J connectivity index is 2.01. The van der Waals surface area contributed by atoms with Gasteiger partial charge in [-0.2, -0.15) is 0 Å². The van der Waals surface area contributed by atoms with Crippen LogP contribution in [0.15, 0.2) is 18.2 Å². The fourth-order valence-corrected chi connectivity index (χ4v) is 4.11. The molecule has 1 fully saturated rings. The second-order valence-electron chi connectivity index (χ2n) is 5.25. The summed E-state index contributed by atoms with van der Waals surface area (Å²) >= 11 is 5.65. The second-order valence-corrected chi connectivity index (χ2v) is 7.41. The summed E-state index contributed by atoms with van der Waals surface area (Å²) in [5.41, 5.74) is 6.30. The van der Waals surface area contributed by atoms with Gasteiger partial charge >= 0.3 is 0 Å². The van der Waals surface area contributed by atoms with E-state index < -0.39 is 15.8 Å². The minimum Gasteiger partial charge on any atom is -0.328 e. The van der Waals surface area contributed by atoms with Gasteiger partial charge in [-0.15, -0.1) is 0 Å². The summed E-state index contributed by atoms with van der Waals surface area (Å²) in [4.78, 5) is 0. The molecule has 0 aromatic heterocycles. The molecule has 1 aromatic carbocycles. The second kappa shape index (κ2) is 6.39. The fourth-order valence-electron chi connectivity index (χ4n) is 2.48. The van der Waals surface area contributed by atoms with E-state index >= 15 is 0 Å². The molecule has 0 heterocycles. The van der Waals surface area contributed by atoms with Crippen molar-refractivity contribution in [1.29, 1.82) is 0 Å². The van der Waals surface area contributed by atoms with Gasteiger partial charge < -0.3 is 5.73 Å². The van der Waals surface area contributed by atoms with Crippen molar-refractivity contribution < 1.29 is 12.8 Å². The van der Waals surface area contributed by atoms with Crippen molar-refractivity contribution in [3.63, 3.8) is 0 Å². The van der Waals surface area contributed by atoms with Crippen LogP contribution in [0.1, 0.15) is 31.2 Å². The molecule has 0 aliphatic heterocycles. The molecule has 1 aliphatic rings. The van der Waals surface area contributed by atoms with Crippen molar-refractivity contribution >= 4 is 21.6 Å². The third kappa shape index (κ3) is 4.41. The van der Waals surface area contributed by atoms with E-state index in [1.165, 1.54) is 18.2 Å². The first kappa shape index (κ1) is 15.7. The SMILES string of the molecule is NC1CCCC(NS(=O)(=O)Cc2ccc(F)c(Cl)c2)C1. The summed E-state index contributed by atoms with van der Waals surface area (Å²) in [6.07, 6.45) is 3.32. The number of nitrogens with two attached hydrogens (primary N) is 1. The lowest BCUT2D eigenvalue weighted by molar-refractivity contribution is 0.371. The van der Waals surface area contributed by atoms with Crippen LogP contribution < -0.4 is 10.5 Å². The molecule has 1 aliphatic carbocycles. The van der Waals surface area contributed by atoms with Gasteiger partial charge in [0.15, 0.2) is 0 Å². The first-order valence-corrected chi connectivity index (χ1v) is 8.58. The van der Waals surface area contributed by atoms with Crippen molar-refractivity contribution in [2.24, 2.45) is 5.73 Å². The third-order valence-corrected chi connectivity index (χ3v) is 5.10. The van der Waals surface area contributed by atoms with E-state index in [-0.39, 0.29) is 22.9 Å². The minimum atomic E-state index is -3.47. The number of hydrogen-bond donors (Lipinski definition) is 2. The van der Waals surface area contributed by atoms with Crippen LogP contribution in [-0.4, -0.2) is 20.5 Å². The van der Waals surface area contributed by atoms with Crippen LogP contribution in [0, 0.1) is 5.82 Å². The summed E-state index contributed by atoms with van der Waals surface area (Å²) in [5, 5.41) is -0.0719. The van der Waals surface area contributed by atoms with E-state index in [2.05, 4.69) is 4.72 Å². The Morgan fingerprint density at radius 2 is 2.15 bits per heavy atom. The standard InChI is InChI=1S/C13H18ClFN2O2S/c14-12-6-9(4-5-13(12)15)8-20(18,19)17-11-3-1-2-10(16)7-11/h4-6,10-11,17H,1-3,7-8,16H2. The zero-order valence-electron chi connectivity index (χ0n) is 11.0. The number of rotatable bonds is 4. The zero-order chi connectivity index (χ0) is 14.8. The first-order valence-electron chi connectivity index (χ1n) is 6.55. The Bertz CT molecular complexity index is 580. The number of nitrogens with one attached hydrogen (secondary N) is 1. The smallest absolute Gasteiger partial charge is 0.216 e. The highest BCUT2D eigenvalue weighted by atomic mass is 35.5. The molecule has 0 bridgehead atoms. The molecule has 2 atom stereocenters. The number of halogens is 2. The summed E-state index contributed by atoms with van der Waals surface area (Å²) in [6.45, 7) is 0. The van der Waals surface area contributed by atoms with E-state index in [0.717, 1.165) is 19.3 Å². The lowest BCUT2D eigenvalue weighted by atomic mass is 9.92. The number of sulfonamides is 1.